The molecule has 34 nitrogen and oxygen atoms in total. The van der Waals surface area contributed by atoms with Crippen molar-refractivity contribution in [2.24, 2.45) is 0 Å². The van der Waals surface area contributed by atoms with E-state index in [1.54, 1.807) is 24.3 Å². The molecule has 4 N–H and O–H groups in total. The molecule has 19 fully saturated rings. The highest BCUT2D eigenvalue weighted by atomic mass is 32.2. The summed E-state index contributed by atoms with van der Waals surface area (Å²) in [5, 5.41) is 44.8. The van der Waals surface area contributed by atoms with Gasteiger partial charge in [0, 0.05) is 85.3 Å². The lowest BCUT2D eigenvalue weighted by Crippen LogP contribution is -2.70. The fourth-order valence-corrected chi connectivity index (χ4v) is 15.9. The van der Waals surface area contributed by atoms with Crippen molar-refractivity contribution >= 4 is 20.2 Å². The summed E-state index contributed by atoms with van der Waals surface area (Å²) in [5.41, 5.74) is 1.33. The molecular formula is C61H92O34S2. The zero-order valence-corrected chi connectivity index (χ0v) is 57.4. The van der Waals surface area contributed by atoms with Crippen LogP contribution in [0.2, 0.25) is 0 Å². The van der Waals surface area contributed by atoms with Gasteiger partial charge in [0.1, 0.15) is 146 Å². The highest BCUT2D eigenvalue weighted by Gasteiger charge is 2.61. The second-order valence-corrected chi connectivity index (χ2v) is 27.2. The van der Waals surface area contributed by atoms with Gasteiger partial charge in [0.05, 0.1) is 49.4 Å². The van der Waals surface area contributed by atoms with E-state index in [4.69, 9.17) is 122 Å². The largest absolute Gasteiger partial charge is 0.394 e. The number of hydrogen-bond acceptors (Lipinski definition) is 34. The van der Waals surface area contributed by atoms with E-state index in [0.29, 0.717) is 11.1 Å². The standard InChI is InChI=1S/C61H92O34S2/c1-70-44-38-32(22-62)85-57(51(44)77-8)92-40-34(24-64)87-59(53(79-10)46(40)72-3)94-42-36-26-82-96(66,67)30-17-13-28(14-18-30)21-29-15-19-31(20-16-29)97(68,69)83-27-37-43(95-61(89-36)55(81-12)48(42)74-5)49(75-6)54(80-11)60(88-37)93-41-35(25-65)86-58(52(78-9)47(41)73-4)91-39-33(23-63)84-56(90-38)50(76-7)45(39)71-2/h13-20,32-65H,21-27H2,1-12H3/t32-,33-,34-,35-,36-,37-,38-,39-,40-,41-,42-,43-,44+,45+,46+,47+,48+,49+,50-,51-,52-,53-,54-,55-,56-,57-,58-,59-,60-,61-/m1/s1. The molecule has 2 aromatic carbocycles. The molecule has 22 aliphatic heterocycles. The molecule has 22 heterocycles. The highest BCUT2D eigenvalue weighted by molar-refractivity contribution is 7.87. The van der Waals surface area contributed by atoms with Crippen LogP contribution in [0.25, 0.3) is 0 Å². The number of hydrogen-bond donors (Lipinski definition) is 4. The maximum Gasteiger partial charge on any atom is 0.297 e. The van der Waals surface area contributed by atoms with Crippen molar-refractivity contribution in [3.8, 4) is 0 Å². The molecule has 0 spiro atoms. The fraction of sp³-hybridized carbons (Fsp3) is 0.803. The summed E-state index contributed by atoms with van der Waals surface area (Å²) in [7, 11) is 6.79. The smallest absolute Gasteiger partial charge is 0.297 e. The molecular weight excluding hydrogens is 1340 g/mol. The molecule has 552 valence electrons. The van der Waals surface area contributed by atoms with Crippen molar-refractivity contribution < 1.29 is 159 Å². The third kappa shape index (κ3) is 15.8. The fourth-order valence-electron chi connectivity index (χ4n) is 14.0. The first kappa shape index (κ1) is 76.8. The summed E-state index contributed by atoms with van der Waals surface area (Å²) >= 11 is 0. The van der Waals surface area contributed by atoms with Crippen LogP contribution in [0.15, 0.2) is 58.3 Å². The van der Waals surface area contributed by atoms with Gasteiger partial charge in [-0.1, -0.05) is 24.3 Å². The van der Waals surface area contributed by atoms with Gasteiger partial charge in [0.2, 0.25) is 0 Å². The molecule has 0 amide bonds. The average molecular weight is 1430 g/mol. The summed E-state index contributed by atoms with van der Waals surface area (Å²) < 4.78 is 223. The molecule has 19 saturated heterocycles. The number of aliphatic hydroxyl groups excluding tert-OH is 4. The number of benzene rings is 2. The third-order valence-corrected chi connectivity index (χ3v) is 21.5. The van der Waals surface area contributed by atoms with Gasteiger partial charge in [-0.3, -0.25) is 8.37 Å². The number of rotatable bonds is 16. The van der Waals surface area contributed by atoms with E-state index >= 15 is 0 Å². The van der Waals surface area contributed by atoms with Crippen molar-refractivity contribution in [3.05, 3.63) is 59.7 Å². The van der Waals surface area contributed by atoms with Crippen molar-refractivity contribution in [2.75, 3.05) is 125 Å². The molecule has 0 radical (unpaired) electrons. The summed E-state index contributed by atoms with van der Waals surface area (Å²) in [6.45, 7) is -4.57. The van der Waals surface area contributed by atoms with E-state index in [2.05, 4.69) is 0 Å². The van der Waals surface area contributed by atoms with Crippen molar-refractivity contribution in [1.82, 2.24) is 0 Å². The predicted octanol–water partition coefficient (Wildman–Crippen LogP) is -2.48. The monoisotopic (exact) mass is 1430 g/mol. The lowest BCUT2D eigenvalue weighted by atomic mass is 9.94. The zero-order chi connectivity index (χ0) is 69.6. The Morgan fingerprint density at radius 1 is 0.299 bits per heavy atom. The van der Waals surface area contributed by atoms with Gasteiger partial charge >= 0.3 is 0 Å². The first-order valence-electron chi connectivity index (χ1n) is 31.4. The molecule has 0 unspecified atom stereocenters. The van der Waals surface area contributed by atoms with E-state index in [0.717, 1.165) is 0 Å². The summed E-state index contributed by atoms with van der Waals surface area (Å²) in [6.07, 6.45) is -40.7. The van der Waals surface area contributed by atoms with Crippen molar-refractivity contribution in [2.45, 2.75) is 200 Å². The minimum absolute atomic E-state index is 0.232. The Bertz CT molecular complexity index is 2930. The van der Waals surface area contributed by atoms with Gasteiger partial charge in [0.25, 0.3) is 20.2 Å². The van der Waals surface area contributed by atoms with Gasteiger partial charge < -0.3 is 134 Å². The number of methoxy groups -OCH3 is 12. The van der Waals surface area contributed by atoms with Gasteiger partial charge in [-0.25, -0.2) is 0 Å². The average Bonchev–Trinajstić information content (AvgIpc) is 0.864. The summed E-state index contributed by atoms with van der Waals surface area (Å²) in [6, 6.07) is 11.8. The van der Waals surface area contributed by atoms with E-state index < -0.39 is 244 Å². The maximum atomic E-state index is 14.4. The normalized spacial score (nSPS) is 43.5. The molecule has 24 rings (SSSR count). The van der Waals surface area contributed by atoms with Crippen LogP contribution in [-0.2, 0) is 149 Å². The quantitative estimate of drug-likeness (QED) is 0.126. The topological polar surface area (TPSA) is 389 Å². The molecule has 0 aliphatic carbocycles. The van der Waals surface area contributed by atoms with Gasteiger partial charge in [0.15, 0.2) is 37.7 Å². The molecule has 0 saturated carbocycles. The lowest BCUT2D eigenvalue weighted by Gasteiger charge is -2.53. The highest BCUT2D eigenvalue weighted by Crippen LogP contribution is 2.42. The van der Waals surface area contributed by atoms with Gasteiger partial charge in [-0.15, -0.1) is 0 Å². The van der Waals surface area contributed by atoms with Gasteiger partial charge in [-0.2, -0.15) is 16.8 Å². The molecule has 97 heavy (non-hydrogen) atoms. The SMILES string of the molecule is CO[C@@H]1[C@@H](OC)[C@H]2O[C@H]3[C@H](OC)[C@@H](OC)[C@@H](O[C@H]4[C@H](OC)[C@@H](OC)[C@H]5O[C@H]6[C@H](OC)[C@@H](OC)[C@@H](O[C@H]7[C@H](OC)[C@@H](OC)[C@@H](O[C@H]8[C@H](OC)[C@@H](OC)[C@@H](O[C@@H]1[C@@H](CO)O2)O[C@@H]8CO)O[C@@H]7CO)O[C@@H]6COS(=O)(=O)c1ccc(cc1)Cc1ccc(cc1)S(=O)(=O)OC[C@H]4O5)O[C@@H]3CO. The molecule has 18 bridgehead atoms. The lowest BCUT2D eigenvalue weighted by molar-refractivity contribution is -0.409. The third-order valence-electron chi connectivity index (χ3n) is 18.9. The molecule has 30 atom stereocenters. The van der Waals surface area contributed by atoms with Crippen molar-refractivity contribution in [1.29, 1.82) is 0 Å². The second-order valence-electron chi connectivity index (χ2n) is 23.9. The molecule has 2 aromatic rings. The van der Waals surface area contributed by atoms with Crippen LogP contribution in [0.3, 0.4) is 0 Å². The predicted molar refractivity (Wildman–Crippen MR) is 321 cm³/mol. The number of fused-ring (bicyclic) bond motifs is 2. The molecule has 22 aliphatic rings. The van der Waals surface area contributed by atoms with Crippen molar-refractivity contribution in [3.63, 3.8) is 0 Å². The van der Waals surface area contributed by atoms with E-state index in [-0.39, 0.29) is 16.2 Å². The Hall–Kier alpha value is -2.86. The van der Waals surface area contributed by atoms with E-state index in [9.17, 15) is 37.3 Å². The minimum Gasteiger partial charge on any atom is -0.394 e. The van der Waals surface area contributed by atoms with Crippen LogP contribution in [0.1, 0.15) is 11.1 Å². The Labute approximate surface area is 562 Å². The molecule has 36 heteroatoms. The van der Waals surface area contributed by atoms with Crippen LogP contribution < -0.4 is 0 Å². The first-order valence-corrected chi connectivity index (χ1v) is 34.3. The van der Waals surface area contributed by atoms with Gasteiger partial charge in [-0.05, 0) is 41.8 Å². The first-order chi connectivity index (χ1) is 46.8. The zero-order valence-electron chi connectivity index (χ0n) is 55.7. The van der Waals surface area contributed by atoms with Crippen LogP contribution >= 0.6 is 0 Å². The second kappa shape index (κ2) is 34.2. The number of ether oxygens (including phenoxy) is 24. The van der Waals surface area contributed by atoms with Crippen LogP contribution in [0.5, 0.6) is 0 Å². The van der Waals surface area contributed by atoms with Crippen LogP contribution in [0, 0.1) is 0 Å². The summed E-state index contributed by atoms with van der Waals surface area (Å²) in [4.78, 5) is -0.464. The van der Waals surface area contributed by atoms with E-state index in [1.165, 1.54) is 110 Å². The summed E-state index contributed by atoms with van der Waals surface area (Å²) in [5.74, 6) is 0. The Balaban J connectivity index is 1.11. The van der Waals surface area contributed by atoms with Crippen LogP contribution in [0.4, 0.5) is 0 Å². The van der Waals surface area contributed by atoms with E-state index in [1.807, 2.05) is 0 Å². The van der Waals surface area contributed by atoms with Crippen LogP contribution in [-0.4, -0.2) is 346 Å². The minimum atomic E-state index is -4.64. The Morgan fingerprint density at radius 3 is 0.722 bits per heavy atom. The Kier molecular flexibility index (Phi) is 27.0. The Morgan fingerprint density at radius 2 is 0.505 bits per heavy atom. The number of aliphatic hydroxyl groups is 4. The molecule has 0 aromatic heterocycles. The maximum absolute atomic E-state index is 14.4.